The van der Waals surface area contributed by atoms with Crippen LogP contribution in [0.25, 0.3) is 0 Å². The van der Waals surface area contributed by atoms with E-state index in [1.807, 2.05) is 30.3 Å². The Morgan fingerprint density at radius 3 is 2.56 bits per heavy atom. The number of hydrogen-bond donors (Lipinski definition) is 1. The van der Waals surface area contributed by atoms with Gasteiger partial charge >= 0.3 is 0 Å². The zero-order chi connectivity index (χ0) is 19.1. The highest BCUT2D eigenvalue weighted by atomic mass is 19.1. The van der Waals surface area contributed by atoms with Gasteiger partial charge in [-0.2, -0.15) is 5.10 Å². The van der Waals surface area contributed by atoms with Crippen molar-refractivity contribution in [1.29, 1.82) is 0 Å². The van der Waals surface area contributed by atoms with Crippen molar-refractivity contribution in [2.45, 2.75) is 25.7 Å². The average molecular weight is 367 g/mol. The minimum absolute atomic E-state index is 0.1000. The van der Waals surface area contributed by atoms with Crippen molar-refractivity contribution in [3.63, 3.8) is 0 Å². The predicted octanol–water partition coefficient (Wildman–Crippen LogP) is 2.90. The van der Waals surface area contributed by atoms with Crippen molar-refractivity contribution < 1.29 is 14.0 Å². The first kappa shape index (κ1) is 18.8. The predicted molar refractivity (Wildman–Crippen MR) is 102 cm³/mol. The molecule has 0 bridgehead atoms. The SMILES string of the molecule is O=C(CCC(=O)N1CCC(c2ccccc2)=N1)NCCc1ccccc1F. The third-order valence-corrected chi connectivity index (χ3v) is 4.44. The fraction of sp³-hybridized carbons (Fsp3) is 0.286. The highest BCUT2D eigenvalue weighted by Crippen LogP contribution is 2.15. The van der Waals surface area contributed by atoms with Gasteiger partial charge in [0.25, 0.3) is 0 Å². The Balaban J connectivity index is 1.41. The first-order valence-electron chi connectivity index (χ1n) is 9.07. The van der Waals surface area contributed by atoms with Gasteiger partial charge in [-0.25, -0.2) is 9.40 Å². The summed E-state index contributed by atoms with van der Waals surface area (Å²) in [6.07, 6.45) is 1.34. The van der Waals surface area contributed by atoms with Gasteiger partial charge in [-0.05, 0) is 23.6 Å². The van der Waals surface area contributed by atoms with Crippen LogP contribution in [0, 0.1) is 5.82 Å². The average Bonchev–Trinajstić information content (AvgIpc) is 3.19. The van der Waals surface area contributed by atoms with Gasteiger partial charge in [0.2, 0.25) is 11.8 Å². The van der Waals surface area contributed by atoms with Crippen LogP contribution in [0.5, 0.6) is 0 Å². The fourth-order valence-corrected chi connectivity index (χ4v) is 2.95. The Kier molecular flexibility index (Phi) is 6.30. The molecule has 1 heterocycles. The van der Waals surface area contributed by atoms with E-state index in [9.17, 15) is 14.0 Å². The lowest BCUT2D eigenvalue weighted by Gasteiger charge is -2.11. The van der Waals surface area contributed by atoms with Gasteiger partial charge < -0.3 is 5.32 Å². The van der Waals surface area contributed by atoms with E-state index in [0.29, 0.717) is 31.5 Å². The number of carbonyl (C=O) groups excluding carboxylic acids is 2. The van der Waals surface area contributed by atoms with Gasteiger partial charge in [0, 0.05) is 25.8 Å². The number of nitrogens with one attached hydrogen (secondary N) is 1. The number of amides is 2. The number of rotatable bonds is 7. The molecule has 0 aliphatic carbocycles. The lowest BCUT2D eigenvalue weighted by molar-refractivity contribution is -0.133. The summed E-state index contributed by atoms with van der Waals surface area (Å²) in [6.45, 7) is 0.881. The molecule has 0 spiro atoms. The van der Waals surface area contributed by atoms with Crippen molar-refractivity contribution in [2.24, 2.45) is 5.10 Å². The molecule has 0 saturated heterocycles. The molecule has 0 saturated carbocycles. The van der Waals surface area contributed by atoms with Gasteiger partial charge in [0.05, 0.1) is 12.3 Å². The van der Waals surface area contributed by atoms with E-state index in [2.05, 4.69) is 10.4 Å². The van der Waals surface area contributed by atoms with Crippen molar-refractivity contribution >= 4 is 17.5 Å². The number of halogens is 1. The quantitative estimate of drug-likeness (QED) is 0.818. The molecule has 6 heteroatoms. The van der Waals surface area contributed by atoms with Crippen LogP contribution < -0.4 is 5.32 Å². The Labute approximate surface area is 157 Å². The molecule has 0 radical (unpaired) electrons. The van der Waals surface area contributed by atoms with Crippen LogP contribution in [-0.2, 0) is 16.0 Å². The summed E-state index contributed by atoms with van der Waals surface area (Å²) in [6, 6.07) is 16.2. The first-order chi connectivity index (χ1) is 13.1. The van der Waals surface area contributed by atoms with Crippen LogP contribution in [0.2, 0.25) is 0 Å². The van der Waals surface area contributed by atoms with Crippen LogP contribution in [0.3, 0.4) is 0 Å². The third-order valence-electron chi connectivity index (χ3n) is 4.44. The normalized spacial score (nSPS) is 13.4. The standard InChI is InChI=1S/C21H22FN3O2/c22-18-9-5-4-6-16(18)12-14-23-20(26)10-11-21(27)25-15-13-19(24-25)17-7-2-1-3-8-17/h1-9H,10-15H2,(H,23,26). The number of benzene rings is 2. The second-order valence-corrected chi connectivity index (χ2v) is 6.37. The summed E-state index contributed by atoms with van der Waals surface area (Å²) in [7, 11) is 0. The second-order valence-electron chi connectivity index (χ2n) is 6.37. The van der Waals surface area contributed by atoms with Crippen molar-refractivity contribution in [3.05, 3.63) is 71.5 Å². The van der Waals surface area contributed by atoms with Crippen LogP contribution in [0.15, 0.2) is 59.7 Å². The maximum Gasteiger partial charge on any atom is 0.243 e. The number of hydrogen-bond acceptors (Lipinski definition) is 3. The molecule has 2 aromatic carbocycles. The highest BCUT2D eigenvalue weighted by molar-refractivity contribution is 6.02. The summed E-state index contributed by atoms with van der Waals surface area (Å²) >= 11 is 0. The molecule has 0 unspecified atom stereocenters. The minimum atomic E-state index is -0.275. The van der Waals surface area contributed by atoms with Gasteiger partial charge in [-0.1, -0.05) is 48.5 Å². The lowest BCUT2D eigenvalue weighted by Crippen LogP contribution is -2.29. The van der Waals surface area contributed by atoms with E-state index in [-0.39, 0.29) is 30.5 Å². The molecule has 1 aliphatic heterocycles. The molecule has 2 amide bonds. The topological polar surface area (TPSA) is 61.8 Å². The van der Waals surface area contributed by atoms with Crippen molar-refractivity contribution in [1.82, 2.24) is 10.3 Å². The monoisotopic (exact) mass is 367 g/mol. The molecule has 1 aliphatic rings. The fourth-order valence-electron chi connectivity index (χ4n) is 2.95. The number of carbonyl (C=O) groups is 2. The van der Waals surface area contributed by atoms with Gasteiger partial charge in [-0.3, -0.25) is 9.59 Å². The zero-order valence-electron chi connectivity index (χ0n) is 15.0. The van der Waals surface area contributed by atoms with E-state index < -0.39 is 0 Å². The molecule has 5 nitrogen and oxygen atoms in total. The molecule has 140 valence electrons. The molecule has 2 aromatic rings. The Hall–Kier alpha value is -3.02. The summed E-state index contributed by atoms with van der Waals surface area (Å²) in [5.41, 5.74) is 2.46. The Bertz CT molecular complexity index is 836. The second kappa shape index (κ2) is 9.07. The molecular weight excluding hydrogens is 345 g/mol. The molecule has 27 heavy (non-hydrogen) atoms. The molecule has 1 N–H and O–H groups in total. The summed E-state index contributed by atoms with van der Waals surface area (Å²) < 4.78 is 13.5. The lowest BCUT2D eigenvalue weighted by atomic mass is 10.1. The summed E-state index contributed by atoms with van der Waals surface area (Å²) in [4.78, 5) is 24.2. The highest BCUT2D eigenvalue weighted by Gasteiger charge is 2.21. The van der Waals surface area contributed by atoms with E-state index >= 15 is 0 Å². The molecule has 0 fully saturated rings. The Morgan fingerprint density at radius 1 is 1.04 bits per heavy atom. The van der Waals surface area contributed by atoms with E-state index in [1.54, 1.807) is 18.2 Å². The van der Waals surface area contributed by atoms with E-state index in [0.717, 1.165) is 11.3 Å². The number of nitrogens with zero attached hydrogens (tertiary/aromatic N) is 2. The summed E-state index contributed by atoms with van der Waals surface area (Å²) in [5.74, 6) is -0.653. The molecular formula is C21H22FN3O2. The van der Waals surface area contributed by atoms with Gasteiger partial charge in [0.15, 0.2) is 0 Å². The van der Waals surface area contributed by atoms with Gasteiger partial charge in [-0.15, -0.1) is 0 Å². The summed E-state index contributed by atoms with van der Waals surface area (Å²) in [5, 5.41) is 8.54. The molecule has 0 aromatic heterocycles. The molecule has 0 atom stereocenters. The van der Waals surface area contributed by atoms with Crippen molar-refractivity contribution in [3.8, 4) is 0 Å². The first-order valence-corrected chi connectivity index (χ1v) is 9.07. The van der Waals surface area contributed by atoms with E-state index in [4.69, 9.17) is 0 Å². The van der Waals surface area contributed by atoms with Crippen LogP contribution in [-0.4, -0.2) is 35.6 Å². The van der Waals surface area contributed by atoms with Crippen LogP contribution in [0.1, 0.15) is 30.4 Å². The smallest absolute Gasteiger partial charge is 0.243 e. The zero-order valence-corrected chi connectivity index (χ0v) is 15.0. The molecule has 3 rings (SSSR count). The van der Waals surface area contributed by atoms with Crippen molar-refractivity contribution in [2.75, 3.05) is 13.1 Å². The maximum atomic E-state index is 13.5. The Morgan fingerprint density at radius 2 is 1.78 bits per heavy atom. The van der Waals surface area contributed by atoms with Crippen LogP contribution >= 0.6 is 0 Å². The maximum absolute atomic E-state index is 13.5. The minimum Gasteiger partial charge on any atom is -0.356 e. The largest absolute Gasteiger partial charge is 0.356 e. The van der Waals surface area contributed by atoms with E-state index in [1.165, 1.54) is 11.1 Å². The third kappa shape index (κ3) is 5.23. The van der Waals surface area contributed by atoms with Gasteiger partial charge in [0.1, 0.15) is 5.82 Å². The van der Waals surface area contributed by atoms with Crippen LogP contribution in [0.4, 0.5) is 4.39 Å². The number of hydrazone groups is 1.